The fourth-order valence-electron chi connectivity index (χ4n) is 4.71. The lowest BCUT2D eigenvalue weighted by Gasteiger charge is -2.55. The van der Waals surface area contributed by atoms with Crippen molar-refractivity contribution in [3.8, 4) is 0 Å². The first kappa shape index (κ1) is 21.7. The lowest BCUT2D eigenvalue weighted by atomic mass is 9.58. The molecule has 142 valence electrons. The van der Waals surface area contributed by atoms with Crippen LogP contribution in [0.15, 0.2) is 0 Å². The number of rotatable bonds is 8. The minimum atomic E-state index is 0. The molecule has 0 radical (unpaired) electrons. The topological polar surface area (TPSA) is 50.4 Å². The number of amides is 1. The third-order valence-electron chi connectivity index (χ3n) is 6.50. The van der Waals surface area contributed by atoms with Gasteiger partial charge >= 0.3 is 0 Å². The second kappa shape index (κ2) is 9.98. The van der Waals surface area contributed by atoms with Crippen LogP contribution in [0.1, 0.15) is 66.2 Å². The fraction of sp³-hybridized carbons (Fsp3) is 0.947. The third-order valence-corrected chi connectivity index (χ3v) is 6.50. The number of piperidine rings is 1. The van der Waals surface area contributed by atoms with Crippen LogP contribution in [-0.2, 0) is 9.53 Å². The first-order valence-corrected chi connectivity index (χ1v) is 9.69. The van der Waals surface area contributed by atoms with Crippen molar-refractivity contribution in [3.63, 3.8) is 0 Å². The molecule has 2 N–H and O–H groups in total. The second-order valence-corrected chi connectivity index (χ2v) is 7.51. The van der Waals surface area contributed by atoms with Crippen LogP contribution >= 0.6 is 12.4 Å². The van der Waals surface area contributed by atoms with Crippen LogP contribution in [-0.4, -0.2) is 37.7 Å². The van der Waals surface area contributed by atoms with Gasteiger partial charge in [0.2, 0.25) is 5.91 Å². The number of nitrogens with one attached hydrogen (secondary N) is 2. The molecule has 24 heavy (non-hydrogen) atoms. The van der Waals surface area contributed by atoms with E-state index < -0.39 is 0 Å². The SMILES string of the molecule is CCOC1CC(NC(=O)CC(C)C2CCNCC2)C1(CC)CC.Cl. The minimum absolute atomic E-state index is 0. The van der Waals surface area contributed by atoms with Crippen molar-refractivity contribution in [2.45, 2.75) is 78.4 Å². The molecule has 1 heterocycles. The Morgan fingerprint density at radius 1 is 1.25 bits per heavy atom. The highest BCUT2D eigenvalue weighted by Gasteiger charge is 2.53. The van der Waals surface area contributed by atoms with Gasteiger partial charge in [-0.1, -0.05) is 20.8 Å². The number of ether oxygens (including phenoxy) is 1. The Hall–Kier alpha value is -0.320. The smallest absolute Gasteiger partial charge is 0.220 e. The molecular formula is C19H37ClN2O2. The maximum atomic E-state index is 12.5. The molecule has 0 bridgehead atoms. The molecule has 1 saturated heterocycles. The maximum absolute atomic E-state index is 12.5. The van der Waals surface area contributed by atoms with Crippen LogP contribution < -0.4 is 10.6 Å². The summed E-state index contributed by atoms with van der Waals surface area (Å²) in [5.41, 5.74) is 0.143. The highest BCUT2D eigenvalue weighted by molar-refractivity contribution is 5.85. The van der Waals surface area contributed by atoms with Gasteiger partial charge < -0.3 is 15.4 Å². The van der Waals surface area contributed by atoms with Gasteiger partial charge in [0.15, 0.2) is 0 Å². The molecule has 1 aliphatic carbocycles. The van der Waals surface area contributed by atoms with Gasteiger partial charge in [0, 0.05) is 24.5 Å². The van der Waals surface area contributed by atoms with E-state index in [0.29, 0.717) is 30.4 Å². The van der Waals surface area contributed by atoms with Crippen molar-refractivity contribution in [2.75, 3.05) is 19.7 Å². The molecule has 0 spiro atoms. The normalized spacial score (nSPS) is 27.7. The summed E-state index contributed by atoms with van der Waals surface area (Å²) in [6.07, 6.45) is 6.52. The second-order valence-electron chi connectivity index (χ2n) is 7.51. The molecule has 5 heteroatoms. The predicted molar refractivity (Wildman–Crippen MR) is 102 cm³/mol. The highest BCUT2D eigenvalue weighted by Crippen LogP contribution is 2.49. The zero-order valence-electron chi connectivity index (χ0n) is 15.9. The predicted octanol–water partition coefficient (Wildman–Crippen LogP) is 3.53. The average Bonchev–Trinajstić information content (AvgIpc) is 2.56. The summed E-state index contributed by atoms with van der Waals surface area (Å²) < 4.78 is 5.91. The molecule has 4 nitrogen and oxygen atoms in total. The molecule has 0 aromatic carbocycles. The Morgan fingerprint density at radius 2 is 1.88 bits per heavy atom. The van der Waals surface area contributed by atoms with E-state index in [-0.39, 0.29) is 23.7 Å². The van der Waals surface area contributed by atoms with Gasteiger partial charge in [-0.05, 0) is 64.0 Å². The lowest BCUT2D eigenvalue weighted by molar-refractivity contribution is -0.149. The number of carbonyl (C=O) groups excluding carboxylic acids is 1. The van der Waals surface area contributed by atoms with E-state index in [1.165, 1.54) is 12.8 Å². The van der Waals surface area contributed by atoms with E-state index in [4.69, 9.17) is 4.74 Å². The molecule has 3 unspecified atom stereocenters. The molecular weight excluding hydrogens is 324 g/mol. The Balaban J connectivity index is 0.00000288. The first-order chi connectivity index (χ1) is 11.1. The summed E-state index contributed by atoms with van der Waals surface area (Å²) in [5.74, 6) is 1.42. The van der Waals surface area contributed by atoms with Crippen LogP contribution in [0.4, 0.5) is 0 Å². The average molecular weight is 361 g/mol. The number of carbonyl (C=O) groups is 1. The molecule has 3 atom stereocenters. The molecule has 1 saturated carbocycles. The maximum Gasteiger partial charge on any atom is 0.220 e. The van der Waals surface area contributed by atoms with Crippen LogP contribution in [0, 0.1) is 17.3 Å². The third kappa shape index (κ3) is 4.64. The van der Waals surface area contributed by atoms with E-state index in [1.54, 1.807) is 0 Å². The van der Waals surface area contributed by atoms with Gasteiger partial charge in [-0.3, -0.25) is 4.79 Å². The van der Waals surface area contributed by atoms with E-state index >= 15 is 0 Å². The van der Waals surface area contributed by atoms with Crippen molar-refractivity contribution in [3.05, 3.63) is 0 Å². The summed E-state index contributed by atoms with van der Waals surface area (Å²) in [7, 11) is 0. The van der Waals surface area contributed by atoms with E-state index in [0.717, 1.165) is 39.0 Å². The highest BCUT2D eigenvalue weighted by atomic mass is 35.5. The molecule has 2 aliphatic rings. The summed E-state index contributed by atoms with van der Waals surface area (Å²) in [4.78, 5) is 12.5. The summed E-state index contributed by atoms with van der Waals surface area (Å²) in [5, 5.41) is 6.73. The van der Waals surface area contributed by atoms with Crippen molar-refractivity contribution in [1.29, 1.82) is 0 Å². The lowest BCUT2D eigenvalue weighted by Crippen LogP contribution is -2.64. The van der Waals surface area contributed by atoms with Gasteiger partial charge in [-0.15, -0.1) is 12.4 Å². The monoisotopic (exact) mass is 360 g/mol. The van der Waals surface area contributed by atoms with E-state index in [2.05, 4.69) is 38.3 Å². The Bertz CT molecular complexity index is 382. The van der Waals surface area contributed by atoms with Crippen molar-refractivity contribution in [2.24, 2.45) is 17.3 Å². The van der Waals surface area contributed by atoms with Crippen molar-refractivity contribution in [1.82, 2.24) is 10.6 Å². The summed E-state index contributed by atoms with van der Waals surface area (Å²) in [6, 6.07) is 0.293. The Labute approximate surface area is 154 Å². The molecule has 2 fully saturated rings. The molecule has 2 rings (SSSR count). The summed E-state index contributed by atoms with van der Waals surface area (Å²) in [6.45, 7) is 11.7. The number of hydrogen-bond acceptors (Lipinski definition) is 3. The zero-order valence-corrected chi connectivity index (χ0v) is 16.7. The van der Waals surface area contributed by atoms with Crippen molar-refractivity contribution < 1.29 is 9.53 Å². The van der Waals surface area contributed by atoms with Crippen molar-refractivity contribution >= 4 is 18.3 Å². The van der Waals surface area contributed by atoms with Gasteiger partial charge in [0.1, 0.15) is 0 Å². The first-order valence-electron chi connectivity index (χ1n) is 9.69. The van der Waals surface area contributed by atoms with Gasteiger partial charge in [0.25, 0.3) is 0 Å². The van der Waals surface area contributed by atoms with Crippen LogP contribution in [0.5, 0.6) is 0 Å². The largest absolute Gasteiger partial charge is 0.378 e. The molecule has 0 aromatic heterocycles. The summed E-state index contributed by atoms with van der Waals surface area (Å²) >= 11 is 0. The molecule has 1 aliphatic heterocycles. The molecule has 1 amide bonds. The Kier molecular flexibility index (Phi) is 9.03. The van der Waals surface area contributed by atoms with E-state index in [1.807, 2.05) is 0 Å². The van der Waals surface area contributed by atoms with Gasteiger partial charge in [-0.2, -0.15) is 0 Å². The van der Waals surface area contributed by atoms with Crippen LogP contribution in [0.25, 0.3) is 0 Å². The van der Waals surface area contributed by atoms with Gasteiger partial charge in [0.05, 0.1) is 6.10 Å². The number of halogens is 1. The Morgan fingerprint density at radius 3 is 2.42 bits per heavy atom. The van der Waals surface area contributed by atoms with E-state index in [9.17, 15) is 4.79 Å². The van der Waals surface area contributed by atoms with Crippen LogP contribution in [0.2, 0.25) is 0 Å². The fourth-order valence-corrected chi connectivity index (χ4v) is 4.71. The number of hydrogen-bond donors (Lipinski definition) is 2. The zero-order chi connectivity index (χ0) is 16.9. The quantitative estimate of drug-likeness (QED) is 0.696. The van der Waals surface area contributed by atoms with Crippen LogP contribution in [0.3, 0.4) is 0 Å². The molecule has 0 aromatic rings. The standard InChI is InChI=1S/C19H36N2O2.ClH/c1-5-19(6-2)16(13-17(19)23-7-3)21-18(22)12-14(4)15-8-10-20-11-9-15;/h14-17,20H,5-13H2,1-4H3,(H,21,22);1H. The minimum Gasteiger partial charge on any atom is -0.378 e. The van der Waals surface area contributed by atoms with Gasteiger partial charge in [-0.25, -0.2) is 0 Å².